The number of nitrogens with two attached hydrogens (primary N) is 1. The second-order valence-electron chi connectivity index (χ2n) is 8.10. The van der Waals surface area contributed by atoms with Gasteiger partial charge in [-0.25, -0.2) is 9.59 Å². The van der Waals surface area contributed by atoms with Gasteiger partial charge in [-0.05, 0) is 57.7 Å². The summed E-state index contributed by atoms with van der Waals surface area (Å²) in [6, 6.07) is 10.6. The van der Waals surface area contributed by atoms with Crippen molar-refractivity contribution >= 4 is 23.7 Å². The third kappa shape index (κ3) is 8.00. The highest BCUT2D eigenvalue weighted by Gasteiger charge is 2.41. The lowest BCUT2D eigenvalue weighted by atomic mass is 10.1. The molecule has 0 radical (unpaired) electrons. The van der Waals surface area contributed by atoms with Crippen LogP contribution >= 0.6 is 11.8 Å². The lowest BCUT2D eigenvalue weighted by Gasteiger charge is -2.25. The van der Waals surface area contributed by atoms with Gasteiger partial charge in [-0.2, -0.15) is 0 Å². The summed E-state index contributed by atoms with van der Waals surface area (Å²) in [5.41, 5.74) is 8.02. The molecule has 32 heavy (non-hydrogen) atoms. The van der Waals surface area contributed by atoms with Crippen LogP contribution < -0.4 is 11.1 Å². The predicted octanol–water partition coefficient (Wildman–Crippen LogP) is 3.78. The molecule has 1 aliphatic rings. The molecule has 1 heterocycles. The van der Waals surface area contributed by atoms with Crippen LogP contribution in [0.15, 0.2) is 52.6 Å². The van der Waals surface area contributed by atoms with Crippen LogP contribution in [0.2, 0.25) is 0 Å². The van der Waals surface area contributed by atoms with Crippen LogP contribution in [0.4, 0.5) is 0 Å². The van der Waals surface area contributed by atoms with Crippen LogP contribution in [0.5, 0.6) is 0 Å². The summed E-state index contributed by atoms with van der Waals surface area (Å²) >= 11 is 1.20. The Hall–Kier alpha value is -2.29. The topological polar surface area (TPSA) is 116 Å². The quantitative estimate of drug-likeness (QED) is 0.244. The molecule has 0 saturated carbocycles. The van der Waals surface area contributed by atoms with Crippen molar-refractivity contribution in [3.05, 3.63) is 58.1 Å². The molecule has 1 aromatic carbocycles. The lowest BCUT2D eigenvalue weighted by Crippen LogP contribution is -2.50. The number of carbonyl (C=O) groups is 2. The molecular weight excluding hydrogens is 426 g/mol. The van der Waals surface area contributed by atoms with Gasteiger partial charge >= 0.3 is 11.9 Å². The Bertz CT molecular complexity index is 841. The van der Waals surface area contributed by atoms with Crippen molar-refractivity contribution in [2.75, 3.05) is 19.6 Å². The number of carboxylic acid groups (broad SMARTS) is 2. The first-order valence-corrected chi connectivity index (χ1v) is 12.0. The van der Waals surface area contributed by atoms with E-state index in [0.29, 0.717) is 6.08 Å². The van der Waals surface area contributed by atoms with Crippen LogP contribution in [0, 0.1) is 0 Å². The Kier molecular flexibility index (Phi) is 10.3. The van der Waals surface area contributed by atoms with Crippen LogP contribution in [-0.4, -0.2) is 51.7 Å². The van der Waals surface area contributed by atoms with Gasteiger partial charge in [0.1, 0.15) is 0 Å². The summed E-state index contributed by atoms with van der Waals surface area (Å²) in [4.78, 5) is 24.6. The molecule has 176 valence electrons. The first-order valence-electron chi connectivity index (χ1n) is 11.2. The Labute approximate surface area is 194 Å². The zero-order valence-corrected chi connectivity index (χ0v) is 19.8. The largest absolute Gasteiger partial charge is 0.478 e. The van der Waals surface area contributed by atoms with Gasteiger partial charge in [-0.15, -0.1) is 0 Å². The number of hydrogen-bond acceptors (Lipinski definition) is 6. The second-order valence-corrected chi connectivity index (χ2v) is 9.44. The number of nitrogens with zero attached hydrogens (tertiary/aromatic N) is 1. The number of benzene rings is 1. The van der Waals surface area contributed by atoms with E-state index in [1.807, 2.05) is 13.0 Å². The monoisotopic (exact) mass is 461 g/mol. The van der Waals surface area contributed by atoms with Crippen molar-refractivity contribution in [3.8, 4) is 0 Å². The number of carboxylic acids is 2. The first kappa shape index (κ1) is 26.0. The maximum Gasteiger partial charge on any atom is 0.336 e. The molecule has 1 unspecified atom stereocenters. The number of thioether (sulfide) groups is 1. The molecular formula is C24H35N3O4S. The number of allylic oxidation sites excluding steroid dienone is 2. The first-order chi connectivity index (χ1) is 15.2. The molecule has 0 aliphatic carbocycles. The molecule has 1 aromatic rings. The molecule has 0 aromatic heterocycles. The van der Waals surface area contributed by atoms with Gasteiger partial charge in [0.05, 0.1) is 5.57 Å². The van der Waals surface area contributed by atoms with E-state index in [0.717, 1.165) is 68.8 Å². The van der Waals surface area contributed by atoms with Crippen LogP contribution in [0.1, 0.15) is 51.5 Å². The third-order valence-electron chi connectivity index (χ3n) is 5.45. The van der Waals surface area contributed by atoms with E-state index in [1.165, 1.54) is 17.3 Å². The smallest absolute Gasteiger partial charge is 0.336 e. The Morgan fingerprint density at radius 3 is 2.44 bits per heavy atom. The molecule has 2 rings (SSSR count). The zero-order valence-electron chi connectivity index (χ0n) is 19.0. The fraction of sp³-hybridized carbons (Fsp3) is 0.500. The van der Waals surface area contributed by atoms with E-state index >= 15 is 0 Å². The van der Waals surface area contributed by atoms with E-state index in [4.69, 9.17) is 10.8 Å². The van der Waals surface area contributed by atoms with Crippen molar-refractivity contribution in [3.63, 3.8) is 0 Å². The molecule has 0 spiro atoms. The van der Waals surface area contributed by atoms with Crippen LogP contribution in [-0.2, 0) is 16.0 Å². The van der Waals surface area contributed by atoms with E-state index in [1.54, 1.807) is 0 Å². The third-order valence-corrected chi connectivity index (χ3v) is 6.85. The summed E-state index contributed by atoms with van der Waals surface area (Å²) in [5, 5.41) is 21.3. The number of aliphatic carboxylic acids is 2. The maximum atomic E-state index is 11.5. The molecule has 5 N–H and O–H groups in total. The molecule has 0 saturated heterocycles. The fourth-order valence-corrected chi connectivity index (χ4v) is 5.14. The number of unbranched alkanes of at least 4 members (excludes halogenated alkanes) is 2. The minimum absolute atomic E-state index is 0.363. The minimum atomic E-state index is -1.46. The molecule has 8 heteroatoms. The maximum absolute atomic E-state index is 11.5. The molecule has 0 amide bonds. The van der Waals surface area contributed by atoms with E-state index in [-0.39, 0.29) is 5.57 Å². The fourth-order valence-electron chi connectivity index (χ4n) is 3.84. The Balaban J connectivity index is 1.78. The Morgan fingerprint density at radius 2 is 1.81 bits per heavy atom. The highest BCUT2D eigenvalue weighted by Crippen LogP contribution is 2.42. The van der Waals surface area contributed by atoms with E-state index < -0.39 is 16.9 Å². The second kappa shape index (κ2) is 12.7. The average molecular weight is 462 g/mol. The summed E-state index contributed by atoms with van der Waals surface area (Å²) in [7, 11) is 0. The normalized spacial score (nSPS) is 18.8. The summed E-state index contributed by atoms with van der Waals surface area (Å²) < 4.78 is 0. The van der Waals surface area contributed by atoms with Crippen LogP contribution in [0.3, 0.4) is 0 Å². The summed E-state index contributed by atoms with van der Waals surface area (Å²) in [6.07, 6.45) is 6.79. The van der Waals surface area contributed by atoms with Gasteiger partial charge in [-0.1, -0.05) is 55.4 Å². The standard InChI is InChI=1S/C24H35N3O4S/c1-3-14-27(16-13-19-10-6-4-7-11-19)15-9-5-8-12-21-18(2)26-24(25,32-21)20(23(30)31)17-22(28)29/h4,6-7,10-11,17,26H,3,5,8-9,12-16,25H2,1-2H3,(H,28,29)(H,30,31). The van der Waals surface area contributed by atoms with Crippen molar-refractivity contribution in [2.24, 2.45) is 5.73 Å². The van der Waals surface area contributed by atoms with Crippen LogP contribution in [0.25, 0.3) is 0 Å². The minimum Gasteiger partial charge on any atom is -0.478 e. The average Bonchev–Trinajstić information content (AvgIpc) is 3.04. The van der Waals surface area contributed by atoms with Crippen molar-refractivity contribution < 1.29 is 19.8 Å². The van der Waals surface area contributed by atoms with Gasteiger partial charge in [0.2, 0.25) is 0 Å². The summed E-state index contributed by atoms with van der Waals surface area (Å²) in [6.45, 7) is 7.28. The Morgan fingerprint density at radius 1 is 1.09 bits per heavy atom. The number of nitrogens with one attached hydrogen (secondary N) is 1. The molecule has 7 nitrogen and oxygen atoms in total. The van der Waals surface area contributed by atoms with Gasteiger partial charge in [0.25, 0.3) is 0 Å². The lowest BCUT2D eigenvalue weighted by molar-refractivity contribution is -0.135. The highest BCUT2D eigenvalue weighted by atomic mass is 32.2. The molecule has 1 aliphatic heterocycles. The van der Waals surface area contributed by atoms with Gasteiger partial charge in [0, 0.05) is 23.2 Å². The summed E-state index contributed by atoms with van der Waals surface area (Å²) in [5.74, 6) is -2.67. The van der Waals surface area contributed by atoms with Gasteiger partial charge < -0.3 is 20.4 Å². The molecule has 0 bridgehead atoms. The SMILES string of the molecule is CCCN(CCCCCC1=C(C)NC(N)(C(=CC(=O)O)C(=O)O)S1)CCc1ccccc1. The van der Waals surface area contributed by atoms with E-state index in [2.05, 4.69) is 41.4 Å². The van der Waals surface area contributed by atoms with Crippen molar-refractivity contribution in [2.45, 2.75) is 57.4 Å². The number of rotatable bonds is 14. The van der Waals surface area contributed by atoms with Gasteiger partial charge in [-0.3, -0.25) is 5.73 Å². The molecule has 1 atom stereocenters. The van der Waals surface area contributed by atoms with E-state index in [9.17, 15) is 14.7 Å². The predicted molar refractivity (Wildman–Crippen MR) is 129 cm³/mol. The highest BCUT2D eigenvalue weighted by molar-refractivity contribution is 8.04. The number of hydrogen-bond donors (Lipinski definition) is 4. The van der Waals surface area contributed by atoms with Crippen molar-refractivity contribution in [1.29, 1.82) is 0 Å². The molecule has 0 fully saturated rings. The van der Waals surface area contributed by atoms with Gasteiger partial charge in [0.15, 0.2) is 4.99 Å². The zero-order chi connectivity index (χ0) is 23.6. The van der Waals surface area contributed by atoms with Crippen molar-refractivity contribution in [1.82, 2.24) is 10.2 Å².